The molecule has 0 aliphatic heterocycles. The maximum Gasteiger partial charge on any atom is 0.241 e. The van der Waals surface area contributed by atoms with Crippen molar-refractivity contribution < 1.29 is 4.79 Å². The highest BCUT2D eigenvalue weighted by Crippen LogP contribution is 2.28. The van der Waals surface area contributed by atoms with Crippen LogP contribution in [0.1, 0.15) is 17.5 Å². The van der Waals surface area contributed by atoms with Crippen LogP contribution in [0.5, 0.6) is 0 Å². The Morgan fingerprint density at radius 3 is 2.15 bits per heavy atom. The smallest absolute Gasteiger partial charge is 0.241 e. The van der Waals surface area contributed by atoms with Gasteiger partial charge >= 0.3 is 0 Å². The predicted octanol–water partition coefficient (Wildman–Crippen LogP) is 4.64. The Kier molecular flexibility index (Phi) is 4.71. The van der Waals surface area contributed by atoms with Gasteiger partial charge in [0.15, 0.2) is 0 Å². The number of carbonyl (C=O) groups is 1. The standard InChI is InChI=1S/C23H21N3O/c1-17-10-12-18(13-11-17)16-24-25-23(27)14-15-26-21-8-4-2-6-19(21)20-7-3-5-9-22(20)26/h2-13,16H,14-15H2,1H3,(H,25,27)/b24-16+. The molecule has 1 amide bonds. The van der Waals surface area contributed by atoms with Crippen molar-refractivity contribution in [3.05, 3.63) is 83.9 Å². The summed E-state index contributed by atoms with van der Waals surface area (Å²) in [5.74, 6) is -0.0970. The number of hydrogen-bond donors (Lipinski definition) is 1. The van der Waals surface area contributed by atoms with E-state index in [0.29, 0.717) is 13.0 Å². The van der Waals surface area contributed by atoms with E-state index in [1.807, 2.05) is 55.5 Å². The van der Waals surface area contributed by atoms with Gasteiger partial charge in [0.1, 0.15) is 0 Å². The number of carbonyl (C=O) groups excluding carboxylic acids is 1. The molecule has 1 heterocycles. The lowest BCUT2D eigenvalue weighted by Gasteiger charge is -2.06. The average molecular weight is 355 g/mol. The number of hydrazone groups is 1. The van der Waals surface area contributed by atoms with Gasteiger partial charge in [-0.2, -0.15) is 5.10 Å². The fraction of sp³-hybridized carbons (Fsp3) is 0.130. The zero-order valence-electron chi connectivity index (χ0n) is 15.2. The third-order valence-electron chi connectivity index (χ3n) is 4.72. The number of amides is 1. The van der Waals surface area contributed by atoms with Gasteiger partial charge in [0.05, 0.1) is 6.21 Å². The van der Waals surface area contributed by atoms with Crippen molar-refractivity contribution >= 4 is 33.9 Å². The molecule has 0 saturated carbocycles. The van der Waals surface area contributed by atoms with Crippen LogP contribution >= 0.6 is 0 Å². The number of fused-ring (bicyclic) bond motifs is 3. The number of para-hydroxylation sites is 2. The van der Waals surface area contributed by atoms with Crippen LogP contribution in [-0.4, -0.2) is 16.7 Å². The second-order valence-electron chi connectivity index (χ2n) is 6.64. The van der Waals surface area contributed by atoms with Gasteiger partial charge in [-0.15, -0.1) is 0 Å². The van der Waals surface area contributed by atoms with E-state index in [0.717, 1.165) is 16.6 Å². The second kappa shape index (κ2) is 7.46. The predicted molar refractivity (Wildman–Crippen MR) is 111 cm³/mol. The number of aryl methyl sites for hydroxylation is 2. The van der Waals surface area contributed by atoms with Crippen LogP contribution in [-0.2, 0) is 11.3 Å². The van der Waals surface area contributed by atoms with E-state index in [9.17, 15) is 4.79 Å². The molecule has 1 N–H and O–H groups in total. The van der Waals surface area contributed by atoms with Gasteiger partial charge in [-0.05, 0) is 24.6 Å². The number of hydrogen-bond acceptors (Lipinski definition) is 2. The van der Waals surface area contributed by atoms with E-state index in [4.69, 9.17) is 0 Å². The van der Waals surface area contributed by atoms with Crippen molar-refractivity contribution in [2.24, 2.45) is 5.10 Å². The van der Waals surface area contributed by atoms with Crippen molar-refractivity contribution in [3.8, 4) is 0 Å². The number of rotatable bonds is 5. The Morgan fingerprint density at radius 1 is 0.926 bits per heavy atom. The largest absolute Gasteiger partial charge is 0.340 e. The third-order valence-corrected chi connectivity index (χ3v) is 4.72. The molecule has 0 aliphatic carbocycles. The van der Waals surface area contributed by atoms with Gasteiger partial charge in [-0.25, -0.2) is 5.43 Å². The van der Waals surface area contributed by atoms with Crippen molar-refractivity contribution in [2.45, 2.75) is 19.9 Å². The first-order chi connectivity index (χ1) is 13.2. The molecule has 4 rings (SSSR count). The minimum atomic E-state index is -0.0970. The summed E-state index contributed by atoms with van der Waals surface area (Å²) in [6.45, 7) is 2.65. The second-order valence-corrected chi connectivity index (χ2v) is 6.64. The lowest BCUT2D eigenvalue weighted by Crippen LogP contribution is -2.19. The Hall–Kier alpha value is -3.40. The van der Waals surface area contributed by atoms with Crippen molar-refractivity contribution in [3.63, 3.8) is 0 Å². The zero-order chi connectivity index (χ0) is 18.6. The highest BCUT2D eigenvalue weighted by atomic mass is 16.2. The van der Waals surface area contributed by atoms with Gasteiger partial charge in [0, 0.05) is 34.8 Å². The first kappa shape index (κ1) is 17.0. The van der Waals surface area contributed by atoms with Crippen LogP contribution in [0.25, 0.3) is 21.8 Å². The zero-order valence-corrected chi connectivity index (χ0v) is 15.2. The summed E-state index contributed by atoms with van der Waals surface area (Å²) >= 11 is 0. The lowest BCUT2D eigenvalue weighted by atomic mass is 10.2. The van der Waals surface area contributed by atoms with Crippen LogP contribution in [0.2, 0.25) is 0 Å². The molecule has 0 aliphatic rings. The first-order valence-corrected chi connectivity index (χ1v) is 9.07. The molecule has 3 aromatic carbocycles. The molecule has 1 aromatic heterocycles. The van der Waals surface area contributed by atoms with Crippen molar-refractivity contribution in [1.82, 2.24) is 9.99 Å². The molecule has 0 bridgehead atoms. The molecule has 134 valence electrons. The Bertz CT molecular complexity index is 1070. The fourth-order valence-corrected chi connectivity index (χ4v) is 3.34. The summed E-state index contributed by atoms with van der Waals surface area (Å²) in [7, 11) is 0. The summed E-state index contributed by atoms with van der Waals surface area (Å²) in [6.07, 6.45) is 2.03. The highest BCUT2D eigenvalue weighted by molar-refractivity contribution is 6.08. The SMILES string of the molecule is Cc1ccc(/C=N/NC(=O)CCn2c3ccccc3c3ccccc32)cc1. The van der Waals surface area contributed by atoms with Crippen molar-refractivity contribution in [2.75, 3.05) is 0 Å². The highest BCUT2D eigenvalue weighted by Gasteiger charge is 2.10. The number of aromatic nitrogens is 1. The molecule has 0 fully saturated rings. The monoisotopic (exact) mass is 355 g/mol. The van der Waals surface area contributed by atoms with Gasteiger partial charge in [0.25, 0.3) is 0 Å². The Labute approximate surface area is 158 Å². The molecule has 4 heteroatoms. The van der Waals surface area contributed by atoms with E-state index < -0.39 is 0 Å². The maximum absolute atomic E-state index is 12.2. The van der Waals surface area contributed by atoms with Gasteiger partial charge in [0.2, 0.25) is 5.91 Å². The summed E-state index contributed by atoms with van der Waals surface area (Å²) in [5.41, 5.74) is 7.08. The number of nitrogens with one attached hydrogen (secondary N) is 1. The van der Waals surface area contributed by atoms with E-state index in [2.05, 4.69) is 39.4 Å². The molecule has 0 radical (unpaired) electrons. The summed E-state index contributed by atoms with van der Waals surface area (Å²) in [4.78, 5) is 12.2. The molecule has 27 heavy (non-hydrogen) atoms. The molecule has 0 unspecified atom stereocenters. The topological polar surface area (TPSA) is 46.4 Å². The van der Waals surface area contributed by atoms with E-state index in [1.54, 1.807) is 6.21 Å². The quantitative estimate of drug-likeness (QED) is 0.411. The third kappa shape index (κ3) is 3.60. The van der Waals surface area contributed by atoms with Crippen LogP contribution < -0.4 is 5.43 Å². The lowest BCUT2D eigenvalue weighted by molar-refractivity contribution is -0.121. The minimum Gasteiger partial charge on any atom is -0.340 e. The normalized spacial score (nSPS) is 11.4. The molecular weight excluding hydrogens is 334 g/mol. The Balaban J connectivity index is 1.46. The van der Waals surface area contributed by atoms with Gasteiger partial charge < -0.3 is 4.57 Å². The molecule has 0 atom stereocenters. The van der Waals surface area contributed by atoms with Crippen LogP contribution in [0.3, 0.4) is 0 Å². The van der Waals surface area contributed by atoms with Gasteiger partial charge in [-0.1, -0.05) is 66.2 Å². The summed E-state index contributed by atoms with van der Waals surface area (Å²) < 4.78 is 2.20. The van der Waals surface area contributed by atoms with Crippen LogP contribution in [0, 0.1) is 6.92 Å². The Morgan fingerprint density at radius 2 is 1.52 bits per heavy atom. The fourth-order valence-electron chi connectivity index (χ4n) is 3.34. The number of nitrogens with zero attached hydrogens (tertiary/aromatic N) is 2. The van der Waals surface area contributed by atoms with E-state index in [1.165, 1.54) is 16.3 Å². The molecule has 4 aromatic rings. The van der Waals surface area contributed by atoms with Crippen molar-refractivity contribution in [1.29, 1.82) is 0 Å². The molecule has 0 saturated heterocycles. The summed E-state index contributed by atoms with van der Waals surface area (Å²) in [6, 6.07) is 24.6. The first-order valence-electron chi connectivity index (χ1n) is 9.07. The maximum atomic E-state index is 12.2. The number of benzene rings is 3. The van der Waals surface area contributed by atoms with Crippen LogP contribution in [0.4, 0.5) is 0 Å². The summed E-state index contributed by atoms with van der Waals surface area (Å²) in [5, 5.41) is 6.49. The average Bonchev–Trinajstić information content (AvgIpc) is 3.02. The van der Waals surface area contributed by atoms with E-state index in [-0.39, 0.29) is 5.91 Å². The molecule has 4 nitrogen and oxygen atoms in total. The molecule has 0 spiro atoms. The van der Waals surface area contributed by atoms with Gasteiger partial charge in [-0.3, -0.25) is 4.79 Å². The van der Waals surface area contributed by atoms with E-state index >= 15 is 0 Å². The minimum absolute atomic E-state index is 0.0970. The molecular formula is C23H21N3O. The van der Waals surface area contributed by atoms with Crippen LogP contribution in [0.15, 0.2) is 77.9 Å².